The van der Waals surface area contributed by atoms with Crippen LogP contribution in [0.15, 0.2) is 86.2 Å². The van der Waals surface area contributed by atoms with E-state index in [-0.39, 0.29) is 41.3 Å². The molecule has 51 heavy (non-hydrogen) atoms. The number of halogens is 7. The number of methoxy groups -OCH3 is 2. The van der Waals surface area contributed by atoms with Crippen LogP contribution in [0.5, 0.6) is 0 Å². The van der Waals surface area contributed by atoms with Crippen LogP contribution in [0.4, 0.5) is 23.2 Å². The molecule has 0 aliphatic carbocycles. The van der Waals surface area contributed by atoms with Crippen LogP contribution in [0.3, 0.4) is 0 Å². The lowest BCUT2D eigenvalue weighted by Gasteiger charge is -2.30. The van der Waals surface area contributed by atoms with E-state index in [9.17, 15) is 22.4 Å². The summed E-state index contributed by atoms with van der Waals surface area (Å²) in [7, 11) is 3.29. The highest BCUT2D eigenvalue weighted by atomic mass is 79.9. The number of nitrogens with one attached hydrogen (secondary N) is 1. The molecule has 278 valence electrons. The fourth-order valence-electron chi connectivity index (χ4n) is 4.46. The average Bonchev–Trinajstić information content (AvgIpc) is 3.12. The van der Waals surface area contributed by atoms with Crippen LogP contribution in [0, 0.1) is 23.3 Å². The first-order valence-electron chi connectivity index (χ1n) is 15.9. The van der Waals surface area contributed by atoms with Crippen molar-refractivity contribution < 1.29 is 36.9 Å². The summed E-state index contributed by atoms with van der Waals surface area (Å²) >= 11 is 9.13. The first kappa shape index (κ1) is 44.5. The third-order valence-corrected chi connectivity index (χ3v) is 9.59. The first-order valence-corrected chi connectivity index (χ1v) is 18.3. The number of benzene rings is 4. The summed E-state index contributed by atoms with van der Waals surface area (Å²) in [6.07, 6.45) is -0.550. The van der Waals surface area contributed by atoms with E-state index < -0.39 is 6.10 Å². The van der Waals surface area contributed by atoms with Crippen LogP contribution in [-0.2, 0) is 9.47 Å². The number of carbonyl (C=O) groups is 1. The van der Waals surface area contributed by atoms with E-state index in [4.69, 9.17) is 14.6 Å². The van der Waals surface area contributed by atoms with Crippen molar-refractivity contribution in [1.29, 1.82) is 0 Å². The number of hydrogen-bond acceptors (Lipinski definition) is 6. The molecule has 3 unspecified atom stereocenters. The van der Waals surface area contributed by atoms with Gasteiger partial charge in [0.1, 0.15) is 23.3 Å². The first-order chi connectivity index (χ1) is 24.1. The van der Waals surface area contributed by atoms with Gasteiger partial charge in [0.2, 0.25) is 0 Å². The SMILES string of the molecule is CC(=O)c1ccc(F)c(Br)c1.CC(O)c1ccc(F)c(Br)c1.COC(C)c1ccc(F)c(Br)c1.COC(C)c1ccc(F)c(N2CCNCC2)c1. The Labute approximate surface area is 322 Å². The Kier molecular flexibility index (Phi) is 19.6. The maximum atomic E-state index is 13.8. The molecule has 1 saturated heterocycles. The Bertz CT molecular complexity index is 1710. The van der Waals surface area contributed by atoms with Gasteiger partial charge in [-0.15, -0.1) is 0 Å². The number of aliphatic hydroxyl groups is 1. The van der Waals surface area contributed by atoms with Crippen molar-refractivity contribution in [1.82, 2.24) is 5.32 Å². The Hall–Kier alpha value is -2.65. The molecule has 0 spiro atoms. The van der Waals surface area contributed by atoms with Crippen molar-refractivity contribution in [3.8, 4) is 0 Å². The number of carbonyl (C=O) groups excluding carboxylic acids is 1. The van der Waals surface area contributed by atoms with E-state index in [1.54, 1.807) is 51.5 Å². The van der Waals surface area contributed by atoms with Crippen molar-refractivity contribution in [3.05, 3.63) is 132 Å². The minimum absolute atomic E-state index is 0.00176. The van der Waals surface area contributed by atoms with E-state index in [2.05, 4.69) is 58.0 Å². The molecule has 1 aliphatic heterocycles. The number of piperazine rings is 1. The molecule has 0 radical (unpaired) electrons. The second-order valence-corrected chi connectivity index (χ2v) is 14.0. The molecule has 0 amide bonds. The molecule has 1 aliphatic rings. The van der Waals surface area contributed by atoms with E-state index >= 15 is 0 Å². The van der Waals surface area contributed by atoms with Gasteiger partial charge in [0.05, 0.1) is 37.4 Å². The molecule has 0 bridgehead atoms. The van der Waals surface area contributed by atoms with Crippen LogP contribution < -0.4 is 10.2 Å². The summed E-state index contributed by atoms with van der Waals surface area (Å²) in [6.45, 7) is 10.5. The van der Waals surface area contributed by atoms with Crippen LogP contribution in [0.25, 0.3) is 0 Å². The lowest BCUT2D eigenvalue weighted by molar-refractivity contribution is 0.101. The van der Waals surface area contributed by atoms with Gasteiger partial charge in [0.25, 0.3) is 0 Å². The molecule has 0 saturated carbocycles. The molecule has 4 aromatic rings. The summed E-state index contributed by atoms with van der Waals surface area (Å²) in [5.74, 6) is -1.13. The monoisotopic (exact) mass is 904 g/mol. The number of ether oxygens (including phenoxy) is 2. The summed E-state index contributed by atoms with van der Waals surface area (Å²) in [6, 6.07) is 18.7. The third kappa shape index (κ3) is 14.7. The Morgan fingerprint density at radius 1 is 0.686 bits per heavy atom. The topological polar surface area (TPSA) is 71.0 Å². The lowest BCUT2D eigenvalue weighted by Crippen LogP contribution is -2.43. The van der Waals surface area contributed by atoms with Crippen molar-refractivity contribution in [3.63, 3.8) is 0 Å². The highest BCUT2D eigenvalue weighted by Crippen LogP contribution is 2.26. The van der Waals surface area contributed by atoms with Crippen LogP contribution in [0.2, 0.25) is 0 Å². The molecule has 3 atom stereocenters. The maximum absolute atomic E-state index is 13.8. The van der Waals surface area contributed by atoms with Gasteiger partial charge in [0.15, 0.2) is 5.78 Å². The fraction of sp³-hybridized carbons (Fsp3) is 0.342. The molecule has 1 fully saturated rings. The summed E-state index contributed by atoms with van der Waals surface area (Å²) in [5.41, 5.74) is 3.89. The zero-order chi connectivity index (χ0) is 38.2. The average molecular weight is 907 g/mol. The predicted molar refractivity (Wildman–Crippen MR) is 205 cm³/mol. The second kappa shape index (κ2) is 22.4. The number of Topliss-reactive ketones (excluding diaryl/α,β-unsaturated/α-hetero) is 1. The third-order valence-electron chi connectivity index (χ3n) is 7.77. The largest absolute Gasteiger partial charge is 0.389 e. The number of rotatable bonds is 7. The van der Waals surface area contributed by atoms with Crippen LogP contribution in [0.1, 0.15) is 73.1 Å². The molecule has 0 aromatic heterocycles. The zero-order valence-electron chi connectivity index (χ0n) is 29.3. The van der Waals surface area contributed by atoms with Gasteiger partial charge < -0.3 is 24.8 Å². The second-order valence-electron chi connectivity index (χ2n) is 11.4. The van der Waals surface area contributed by atoms with E-state index in [1.165, 1.54) is 43.3 Å². The van der Waals surface area contributed by atoms with Gasteiger partial charge in [-0.25, -0.2) is 17.6 Å². The van der Waals surface area contributed by atoms with Gasteiger partial charge in [0, 0.05) is 46.0 Å². The number of aliphatic hydroxyl groups excluding tert-OH is 1. The highest BCUT2D eigenvalue weighted by molar-refractivity contribution is 9.11. The summed E-state index contributed by atoms with van der Waals surface area (Å²) in [4.78, 5) is 12.8. The summed E-state index contributed by atoms with van der Waals surface area (Å²) < 4.78 is 63.4. The van der Waals surface area contributed by atoms with Crippen molar-refractivity contribution in [2.24, 2.45) is 0 Å². The van der Waals surface area contributed by atoms with E-state index in [0.717, 1.165) is 37.3 Å². The minimum atomic E-state index is -0.549. The molecular formula is C38H43Br3F4N2O4. The van der Waals surface area contributed by atoms with Crippen molar-refractivity contribution in [2.45, 2.75) is 46.0 Å². The molecule has 5 rings (SSSR count). The van der Waals surface area contributed by atoms with Gasteiger partial charge in [-0.2, -0.15) is 0 Å². The quantitative estimate of drug-likeness (QED) is 0.142. The highest BCUT2D eigenvalue weighted by Gasteiger charge is 2.16. The van der Waals surface area contributed by atoms with Crippen molar-refractivity contribution >= 4 is 59.3 Å². The fourth-order valence-corrected chi connectivity index (χ4v) is 5.63. The molecule has 2 N–H and O–H groups in total. The standard InChI is InChI=1S/C13H19FN2O.C9H10BrFO.C8H8BrFO.C8H6BrFO/c1-10(17-2)11-3-4-12(14)13(9-11)16-7-5-15-6-8-16;1-6(12-2)7-3-4-9(11)8(10)5-7;2*1-5(11)6-2-3-8(10)7(9)4-6/h3-4,9-10,15H,5-8H2,1-2H3;3-6H,1-2H3;2-5,11H,1H3;2-4H,1H3. The molecule has 6 nitrogen and oxygen atoms in total. The summed E-state index contributed by atoms with van der Waals surface area (Å²) in [5, 5.41) is 12.4. The van der Waals surface area contributed by atoms with Gasteiger partial charge in [-0.1, -0.05) is 18.2 Å². The Morgan fingerprint density at radius 2 is 1.10 bits per heavy atom. The smallest absolute Gasteiger partial charge is 0.159 e. The molecule has 1 heterocycles. The number of nitrogens with zero attached hydrogens (tertiary/aromatic N) is 1. The molecular weight excluding hydrogens is 864 g/mol. The Balaban J connectivity index is 0.000000240. The van der Waals surface area contributed by atoms with E-state index in [0.29, 0.717) is 30.2 Å². The van der Waals surface area contributed by atoms with Gasteiger partial charge in [-0.05, 0) is 147 Å². The van der Waals surface area contributed by atoms with Crippen LogP contribution >= 0.6 is 47.8 Å². The van der Waals surface area contributed by atoms with E-state index in [1.807, 2.05) is 19.9 Å². The maximum Gasteiger partial charge on any atom is 0.159 e. The molecule has 13 heteroatoms. The van der Waals surface area contributed by atoms with Gasteiger partial charge >= 0.3 is 0 Å². The normalized spacial score (nSPS) is 14.0. The Morgan fingerprint density at radius 3 is 1.53 bits per heavy atom. The number of anilines is 1. The van der Waals surface area contributed by atoms with Crippen LogP contribution in [-0.4, -0.2) is 51.3 Å². The lowest BCUT2D eigenvalue weighted by atomic mass is 10.1. The number of ketones is 1. The minimum Gasteiger partial charge on any atom is -0.389 e. The van der Waals surface area contributed by atoms with Gasteiger partial charge in [-0.3, -0.25) is 4.79 Å². The zero-order valence-corrected chi connectivity index (χ0v) is 34.0. The predicted octanol–water partition coefficient (Wildman–Crippen LogP) is 10.7. The van der Waals surface area contributed by atoms with Crippen molar-refractivity contribution in [2.75, 3.05) is 45.3 Å². The number of hydrogen-bond donors (Lipinski definition) is 2. The molecule has 4 aromatic carbocycles.